The Morgan fingerprint density at radius 1 is 1.42 bits per heavy atom. The van der Waals surface area contributed by atoms with Gasteiger partial charge in [-0.25, -0.2) is 13.6 Å². The van der Waals surface area contributed by atoms with Gasteiger partial charge in [0, 0.05) is 11.6 Å². The highest BCUT2D eigenvalue weighted by Crippen LogP contribution is 2.10. The highest BCUT2D eigenvalue weighted by atomic mass is 32.2. The van der Waals surface area contributed by atoms with Crippen LogP contribution in [0.3, 0.4) is 0 Å². The molecule has 0 saturated heterocycles. The van der Waals surface area contributed by atoms with E-state index in [2.05, 4.69) is 12.2 Å². The van der Waals surface area contributed by atoms with Crippen LogP contribution in [0.15, 0.2) is 29.2 Å². The van der Waals surface area contributed by atoms with Gasteiger partial charge in [-0.05, 0) is 31.5 Å². The number of sulfonamides is 1. The molecule has 0 spiro atoms. The molecule has 1 aromatic rings. The first kappa shape index (κ1) is 15.7. The van der Waals surface area contributed by atoms with E-state index in [-0.39, 0.29) is 16.8 Å². The molecule has 0 aromatic heterocycles. The number of nitrogens with one attached hydrogen (secondary N) is 1. The Bertz CT molecular complexity index is 541. The number of carbonyl (C=O) groups is 1. The van der Waals surface area contributed by atoms with E-state index in [0.29, 0.717) is 5.56 Å². The van der Waals surface area contributed by atoms with Crippen LogP contribution < -0.4 is 10.5 Å². The summed E-state index contributed by atoms with van der Waals surface area (Å²) in [5, 5.41) is 7.87. The van der Waals surface area contributed by atoms with Crippen LogP contribution in [-0.4, -0.2) is 20.4 Å². The van der Waals surface area contributed by atoms with Crippen molar-refractivity contribution in [3.8, 4) is 0 Å². The average Bonchev–Trinajstić information content (AvgIpc) is 2.35. The third-order valence-electron chi connectivity index (χ3n) is 2.79. The molecule has 0 heterocycles. The molecule has 6 heteroatoms. The largest absolute Gasteiger partial charge is 0.350 e. The number of hydrogen-bond acceptors (Lipinski definition) is 3. The van der Waals surface area contributed by atoms with Crippen LogP contribution in [0.25, 0.3) is 0 Å². The highest BCUT2D eigenvalue weighted by Gasteiger charge is 2.13. The second-order valence-corrected chi connectivity index (χ2v) is 6.15. The van der Waals surface area contributed by atoms with Gasteiger partial charge in [-0.1, -0.05) is 25.8 Å². The summed E-state index contributed by atoms with van der Waals surface area (Å²) in [6.07, 6.45) is 3.01. The molecule has 0 fully saturated rings. The van der Waals surface area contributed by atoms with E-state index in [1.807, 2.05) is 6.92 Å². The Labute approximate surface area is 114 Å². The van der Waals surface area contributed by atoms with Crippen LogP contribution in [0.4, 0.5) is 0 Å². The highest BCUT2D eigenvalue weighted by molar-refractivity contribution is 7.89. The minimum absolute atomic E-state index is 0.0543. The smallest absolute Gasteiger partial charge is 0.251 e. The van der Waals surface area contributed by atoms with Gasteiger partial charge in [0.05, 0.1) is 4.90 Å². The predicted molar refractivity (Wildman–Crippen MR) is 74.3 cm³/mol. The van der Waals surface area contributed by atoms with E-state index in [0.717, 1.165) is 19.3 Å². The van der Waals surface area contributed by atoms with Crippen molar-refractivity contribution in [1.82, 2.24) is 5.32 Å². The molecule has 1 amide bonds. The van der Waals surface area contributed by atoms with E-state index in [1.54, 1.807) is 6.07 Å². The molecule has 106 valence electrons. The van der Waals surface area contributed by atoms with Gasteiger partial charge >= 0.3 is 0 Å². The van der Waals surface area contributed by atoms with Crippen molar-refractivity contribution in [1.29, 1.82) is 0 Å². The van der Waals surface area contributed by atoms with E-state index in [4.69, 9.17) is 5.14 Å². The molecule has 0 aliphatic rings. The molecule has 0 aliphatic carbocycles. The fraction of sp³-hybridized carbons (Fsp3) is 0.462. The molecule has 0 bridgehead atoms. The zero-order chi connectivity index (χ0) is 14.5. The summed E-state index contributed by atoms with van der Waals surface area (Å²) < 4.78 is 22.4. The van der Waals surface area contributed by atoms with E-state index < -0.39 is 10.0 Å². The SMILES string of the molecule is CCCCC(C)NC(=O)c1cccc(S(N)(=O)=O)c1. The number of carbonyl (C=O) groups excluding carboxylic acids is 1. The quantitative estimate of drug-likeness (QED) is 0.832. The molecule has 1 rings (SSSR count). The predicted octanol–water partition coefficient (Wildman–Crippen LogP) is 1.64. The molecule has 19 heavy (non-hydrogen) atoms. The Morgan fingerprint density at radius 3 is 2.68 bits per heavy atom. The maximum absolute atomic E-state index is 12.0. The molecular formula is C13H20N2O3S. The summed E-state index contributed by atoms with van der Waals surface area (Å²) in [4.78, 5) is 11.9. The van der Waals surface area contributed by atoms with Gasteiger partial charge in [0.2, 0.25) is 10.0 Å². The Balaban J connectivity index is 2.78. The van der Waals surface area contributed by atoms with Gasteiger partial charge in [-0.3, -0.25) is 4.79 Å². The third kappa shape index (κ3) is 5.00. The number of benzene rings is 1. The van der Waals surface area contributed by atoms with Gasteiger partial charge in [-0.15, -0.1) is 0 Å². The lowest BCUT2D eigenvalue weighted by Crippen LogP contribution is -2.32. The van der Waals surface area contributed by atoms with E-state index in [1.165, 1.54) is 18.2 Å². The van der Waals surface area contributed by atoms with E-state index in [9.17, 15) is 13.2 Å². The topological polar surface area (TPSA) is 89.3 Å². The second kappa shape index (κ2) is 6.68. The monoisotopic (exact) mass is 284 g/mol. The Hall–Kier alpha value is -1.40. The zero-order valence-electron chi connectivity index (χ0n) is 11.2. The Kier molecular flexibility index (Phi) is 5.50. The van der Waals surface area contributed by atoms with Crippen molar-refractivity contribution >= 4 is 15.9 Å². The van der Waals surface area contributed by atoms with Crippen molar-refractivity contribution in [2.75, 3.05) is 0 Å². The molecule has 1 aromatic carbocycles. The number of nitrogens with two attached hydrogens (primary N) is 1. The normalized spacial score (nSPS) is 13.0. The molecule has 3 N–H and O–H groups in total. The number of rotatable bonds is 6. The molecular weight excluding hydrogens is 264 g/mol. The summed E-state index contributed by atoms with van der Waals surface area (Å²) >= 11 is 0. The van der Waals surface area contributed by atoms with Gasteiger partial charge < -0.3 is 5.32 Å². The summed E-state index contributed by atoms with van der Waals surface area (Å²) in [5.41, 5.74) is 0.301. The first-order valence-electron chi connectivity index (χ1n) is 6.28. The fourth-order valence-electron chi connectivity index (χ4n) is 1.70. The van der Waals surface area contributed by atoms with Crippen molar-refractivity contribution in [3.05, 3.63) is 29.8 Å². The molecule has 0 aliphatic heterocycles. The van der Waals surface area contributed by atoms with Gasteiger partial charge in [0.15, 0.2) is 0 Å². The van der Waals surface area contributed by atoms with Crippen molar-refractivity contribution in [3.63, 3.8) is 0 Å². The first-order valence-corrected chi connectivity index (χ1v) is 7.83. The van der Waals surface area contributed by atoms with Crippen LogP contribution in [0, 0.1) is 0 Å². The second-order valence-electron chi connectivity index (χ2n) is 4.59. The number of amides is 1. The lowest BCUT2D eigenvalue weighted by Gasteiger charge is -2.13. The Morgan fingerprint density at radius 2 is 2.11 bits per heavy atom. The van der Waals surface area contributed by atoms with Crippen LogP contribution in [0.1, 0.15) is 43.5 Å². The molecule has 1 atom stereocenters. The van der Waals surface area contributed by atoms with Gasteiger partial charge in [0.25, 0.3) is 5.91 Å². The maximum atomic E-state index is 12.0. The number of primary sulfonamides is 1. The van der Waals surface area contributed by atoms with Crippen LogP contribution in [0.2, 0.25) is 0 Å². The van der Waals surface area contributed by atoms with E-state index >= 15 is 0 Å². The zero-order valence-corrected chi connectivity index (χ0v) is 12.0. The molecule has 5 nitrogen and oxygen atoms in total. The number of unbranched alkanes of at least 4 members (excludes halogenated alkanes) is 1. The first-order chi connectivity index (χ1) is 8.84. The van der Waals surface area contributed by atoms with Gasteiger partial charge in [-0.2, -0.15) is 0 Å². The summed E-state index contributed by atoms with van der Waals surface area (Å²) in [7, 11) is -3.78. The van der Waals surface area contributed by atoms with Crippen molar-refractivity contribution < 1.29 is 13.2 Å². The van der Waals surface area contributed by atoms with Crippen molar-refractivity contribution in [2.24, 2.45) is 5.14 Å². The minimum atomic E-state index is -3.78. The summed E-state index contributed by atoms with van der Waals surface area (Å²) in [5.74, 6) is -0.283. The molecule has 1 unspecified atom stereocenters. The summed E-state index contributed by atoms with van der Waals surface area (Å²) in [6, 6.07) is 5.79. The lowest BCUT2D eigenvalue weighted by atomic mass is 10.1. The minimum Gasteiger partial charge on any atom is -0.350 e. The lowest BCUT2D eigenvalue weighted by molar-refractivity contribution is 0.0938. The average molecular weight is 284 g/mol. The standard InChI is InChI=1S/C13H20N2O3S/c1-3-4-6-10(2)15-13(16)11-7-5-8-12(9-11)19(14,17)18/h5,7-10H,3-4,6H2,1-2H3,(H,15,16)(H2,14,17,18). The van der Waals surface area contributed by atoms with Gasteiger partial charge in [0.1, 0.15) is 0 Å². The molecule has 0 radical (unpaired) electrons. The van der Waals surface area contributed by atoms with Crippen molar-refractivity contribution in [2.45, 2.75) is 44.0 Å². The number of hydrogen-bond donors (Lipinski definition) is 2. The third-order valence-corrected chi connectivity index (χ3v) is 3.70. The fourth-order valence-corrected chi connectivity index (χ4v) is 2.26. The summed E-state index contributed by atoms with van der Waals surface area (Å²) in [6.45, 7) is 4.02. The van der Waals surface area contributed by atoms with Crippen LogP contribution >= 0.6 is 0 Å². The van der Waals surface area contributed by atoms with Crippen LogP contribution in [0.5, 0.6) is 0 Å². The van der Waals surface area contributed by atoms with Crippen LogP contribution in [-0.2, 0) is 10.0 Å². The molecule has 0 saturated carbocycles. The maximum Gasteiger partial charge on any atom is 0.251 e.